The molecule has 3 rings (SSSR count). The van der Waals surface area contributed by atoms with Gasteiger partial charge in [-0.2, -0.15) is 0 Å². The molecule has 2 amide bonds. The van der Waals surface area contributed by atoms with Crippen LogP contribution in [0.2, 0.25) is 0 Å². The van der Waals surface area contributed by atoms with E-state index in [9.17, 15) is 9.59 Å². The number of ether oxygens (including phenoxy) is 2. The molecule has 1 aromatic carbocycles. The summed E-state index contributed by atoms with van der Waals surface area (Å²) in [4.78, 5) is 28.5. The highest BCUT2D eigenvalue weighted by atomic mass is 16.5. The average Bonchev–Trinajstić information content (AvgIpc) is 3.10. The largest absolute Gasteiger partial charge is 0.497 e. The lowest BCUT2D eigenvalue weighted by Crippen LogP contribution is -2.36. The highest BCUT2D eigenvalue weighted by Gasteiger charge is 2.30. The van der Waals surface area contributed by atoms with Crippen molar-refractivity contribution in [2.24, 2.45) is 0 Å². The van der Waals surface area contributed by atoms with Crippen LogP contribution in [0.5, 0.6) is 11.5 Å². The van der Waals surface area contributed by atoms with Gasteiger partial charge in [-0.3, -0.25) is 9.59 Å². The number of benzene rings is 1. The maximum atomic E-state index is 12.7. The van der Waals surface area contributed by atoms with Gasteiger partial charge in [0, 0.05) is 50.5 Å². The Labute approximate surface area is 161 Å². The number of nitrogens with zero attached hydrogens (tertiary/aromatic N) is 2. The molecule has 0 saturated carbocycles. The smallest absolute Gasteiger partial charge is 0.224 e. The molecule has 0 spiro atoms. The molecule has 2 aliphatic rings. The SMILES string of the molecule is COc1ccc(OC)c(C2CCN(C(=O)CCN3CCCCCC3=O)C2)c1. The molecule has 148 valence electrons. The van der Waals surface area contributed by atoms with Gasteiger partial charge in [0.2, 0.25) is 11.8 Å². The number of hydrogen-bond acceptors (Lipinski definition) is 4. The highest BCUT2D eigenvalue weighted by molar-refractivity contribution is 5.79. The van der Waals surface area contributed by atoms with E-state index in [-0.39, 0.29) is 17.7 Å². The normalized spacial score (nSPS) is 20.5. The molecule has 2 aliphatic heterocycles. The summed E-state index contributed by atoms with van der Waals surface area (Å²) in [5, 5.41) is 0. The highest BCUT2D eigenvalue weighted by Crippen LogP contribution is 2.36. The quantitative estimate of drug-likeness (QED) is 0.768. The van der Waals surface area contributed by atoms with E-state index < -0.39 is 0 Å². The average molecular weight is 374 g/mol. The van der Waals surface area contributed by atoms with Crippen LogP contribution in [-0.2, 0) is 9.59 Å². The van der Waals surface area contributed by atoms with Crippen LogP contribution in [0.15, 0.2) is 18.2 Å². The molecule has 0 bridgehead atoms. The summed E-state index contributed by atoms with van der Waals surface area (Å²) in [5.41, 5.74) is 1.09. The first-order valence-electron chi connectivity index (χ1n) is 9.90. The van der Waals surface area contributed by atoms with Crippen LogP contribution in [0.3, 0.4) is 0 Å². The van der Waals surface area contributed by atoms with E-state index in [0.717, 1.165) is 55.8 Å². The molecule has 0 aliphatic carbocycles. The third-order valence-electron chi connectivity index (χ3n) is 5.68. The molecule has 2 fully saturated rings. The summed E-state index contributed by atoms with van der Waals surface area (Å²) < 4.78 is 10.8. The Hall–Kier alpha value is -2.24. The third-order valence-corrected chi connectivity index (χ3v) is 5.68. The molecular formula is C21H30N2O4. The molecule has 2 saturated heterocycles. The van der Waals surface area contributed by atoms with Crippen LogP contribution in [0.25, 0.3) is 0 Å². The lowest BCUT2D eigenvalue weighted by Gasteiger charge is -2.23. The topological polar surface area (TPSA) is 59.1 Å². The van der Waals surface area contributed by atoms with Crippen LogP contribution in [0, 0.1) is 0 Å². The van der Waals surface area contributed by atoms with Crippen molar-refractivity contribution in [2.75, 3.05) is 40.4 Å². The van der Waals surface area contributed by atoms with Crippen molar-refractivity contribution in [3.05, 3.63) is 23.8 Å². The van der Waals surface area contributed by atoms with Gasteiger partial charge in [-0.05, 0) is 37.5 Å². The Morgan fingerprint density at radius 1 is 1.15 bits per heavy atom. The number of likely N-dealkylation sites (tertiary alicyclic amines) is 2. The Morgan fingerprint density at radius 3 is 2.78 bits per heavy atom. The van der Waals surface area contributed by atoms with Crippen molar-refractivity contribution in [1.29, 1.82) is 0 Å². The summed E-state index contributed by atoms with van der Waals surface area (Å²) in [6, 6.07) is 5.81. The summed E-state index contributed by atoms with van der Waals surface area (Å²) in [7, 11) is 3.32. The van der Waals surface area contributed by atoms with E-state index in [1.54, 1.807) is 14.2 Å². The molecule has 6 nitrogen and oxygen atoms in total. The summed E-state index contributed by atoms with van der Waals surface area (Å²) >= 11 is 0. The van der Waals surface area contributed by atoms with Gasteiger partial charge in [-0.1, -0.05) is 6.42 Å². The molecule has 27 heavy (non-hydrogen) atoms. The second kappa shape index (κ2) is 9.11. The predicted octanol–water partition coefficient (Wildman–Crippen LogP) is 2.81. The number of hydrogen-bond donors (Lipinski definition) is 0. The summed E-state index contributed by atoms with van der Waals surface area (Å²) in [6.07, 6.45) is 5.06. The monoisotopic (exact) mass is 374 g/mol. The minimum Gasteiger partial charge on any atom is -0.497 e. The maximum absolute atomic E-state index is 12.7. The van der Waals surface area contributed by atoms with Gasteiger partial charge in [0.15, 0.2) is 0 Å². The molecule has 6 heteroatoms. The Bertz CT molecular complexity index is 676. The number of methoxy groups -OCH3 is 2. The minimum absolute atomic E-state index is 0.136. The van der Waals surface area contributed by atoms with Crippen LogP contribution < -0.4 is 9.47 Å². The lowest BCUT2D eigenvalue weighted by molar-refractivity contribution is -0.133. The van der Waals surface area contributed by atoms with E-state index in [2.05, 4.69) is 0 Å². The third kappa shape index (κ3) is 4.73. The van der Waals surface area contributed by atoms with Crippen molar-refractivity contribution in [1.82, 2.24) is 9.80 Å². The van der Waals surface area contributed by atoms with Crippen molar-refractivity contribution in [3.8, 4) is 11.5 Å². The standard InChI is InChI=1S/C21H30N2O4/c1-26-17-7-8-19(27-2)18(14-17)16-9-12-23(15-16)21(25)10-13-22-11-5-3-4-6-20(22)24/h7-8,14,16H,3-6,9-13,15H2,1-2H3. The van der Waals surface area contributed by atoms with Gasteiger partial charge in [0.25, 0.3) is 0 Å². The van der Waals surface area contributed by atoms with Gasteiger partial charge in [-0.25, -0.2) is 0 Å². The summed E-state index contributed by atoms with van der Waals surface area (Å²) in [5.74, 6) is 2.22. The van der Waals surface area contributed by atoms with Crippen LogP contribution in [-0.4, -0.2) is 62.0 Å². The zero-order valence-corrected chi connectivity index (χ0v) is 16.4. The molecule has 1 aromatic rings. The number of amides is 2. The van der Waals surface area contributed by atoms with Crippen LogP contribution >= 0.6 is 0 Å². The van der Waals surface area contributed by atoms with Crippen molar-refractivity contribution in [3.63, 3.8) is 0 Å². The second-order valence-corrected chi connectivity index (χ2v) is 7.37. The zero-order chi connectivity index (χ0) is 19.2. The van der Waals surface area contributed by atoms with Crippen LogP contribution in [0.1, 0.15) is 50.0 Å². The second-order valence-electron chi connectivity index (χ2n) is 7.37. The first-order chi connectivity index (χ1) is 13.1. The predicted molar refractivity (Wildman–Crippen MR) is 103 cm³/mol. The number of carbonyl (C=O) groups excluding carboxylic acids is 2. The maximum Gasteiger partial charge on any atom is 0.224 e. The van der Waals surface area contributed by atoms with E-state index in [0.29, 0.717) is 25.9 Å². The molecule has 0 aromatic heterocycles. The summed E-state index contributed by atoms with van der Waals surface area (Å²) in [6.45, 7) is 2.77. The molecule has 2 heterocycles. The fourth-order valence-electron chi connectivity index (χ4n) is 4.06. The number of rotatable bonds is 6. The van der Waals surface area contributed by atoms with Gasteiger partial charge < -0.3 is 19.3 Å². The van der Waals surface area contributed by atoms with Crippen LogP contribution in [0.4, 0.5) is 0 Å². The van der Waals surface area contributed by atoms with E-state index in [1.807, 2.05) is 28.0 Å². The molecule has 1 atom stereocenters. The molecular weight excluding hydrogens is 344 g/mol. The van der Waals surface area contributed by atoms with Gasteiger partial charge in [0.1, 0.15) is 11.5 Å². The van der Waals surface area contributed by atoms with Gasteiger partial charge in [-0.15, -0.1) is 0 Å². The fraction of sp³-hybridized carbons (Fsp3) is 0.619. The fourth-order valence-corrected chi connectivity index (χ4v) is 4.06. The molecule has 1 unspecified atom stereocenters. The number of carbonyl (C=O) groups is 2. The van der Waals surface area contributed by atoms with E-state index >= 15 is 0 Å². The Kier molecular flexibility index (Phi) is 6.58. The first-order valence-corrected chi connectivity index (χ1v) is 9.90. The zero-order valence-electron chi connectivity index (χ0n) is 16.4. The van der Waals surface area contributed by atoms with Gasteiger partial charge in [0.05, 0.1) is 14.2 Å². The minimum atomic E-state index is 0.136. The van der Waals surface area contributed by atoms with Crippen molar-refractivity contribution in [2.45, 2.75) is 44.4 Å². The van der Waals surface area contributed by atoms with Gasteiger partial charge >= 0.3 is 0 Å². The Balaban J connectivity index is 1.57. The molecule has 0 N–H and O–H groups in total. The molecule has 0 radical (unpaired) electrons. The van der Waals surface area contributed by atoms with Crippen molar-refractivity contribution < 1.29 is 19.1 Å². The Morgan fingerprint density at radius 2 is 2.00 bits per heavy atom. The van der Waals surface area contributed by atoms with E-state index in [4.69, 9.17) is 9.47 Å². The van der Waals surface area contributed by atoms with Crippen molar-refractivity contribution >= 4 is 11.8 Å². The van der Waals surface area contributed by atoms with E-state index in [1.165, 1.54) is 0 Å². The lowest BCUT2D eigenvalue weighted by atomic mass is 9.97. The first kappa shape index (κ1) is 19.5.